The highest BCUT2D eigenvalue weighted by molar-refractivity contribution is 5.45. The SMILES string of the molecule is COc1ccc(C#CCO)c(CN2CCC(OC)CC2)c1. The van der Waals surface area contributed by atoms with Gasteiger partial charge in [-0.1, -0.05) is 11.8 Å². The Kier molecular flexibility index (Phi) is 6.06. The summed E-state index contributed by atoms with van der Waals surface area (Å²) in [4.78, 5) is 2.41. The van der Waals surface area contributed by atoms with Crippen LogP contribution >= 0.6 is 0 Å². The summed E-state index contributed by atoms with van der Waals surface area (Å²) in [6.45, 7) is 2.79. The van der Waals surface area contributed by atoms with E-state index < -0.39 is 0 Å². The highest BCUT2D eigenvalue weighted by atomic mass is 16.5. The van der Waals surface area contributed by atoms with E-state index in [4.69, 9.17) is 14.6 Å². The molecule has 4 heteroatoms. The predicted octanol–water partition coefficient (Wildman–Crippen LogP) is 1.65. The molecule has 0 radical (unpaired) electrons. The Balaban J connectivity index is 2.10. The van der Waals surface area contributed by atoms with Crippen molar-refractivity contribution in [1.29, 1.82) is 0 Å². The van der Waals surface area contributed by atoms with Crippen molar-refractivity contribution in [1.82, 2.24) is 4.90 Å². The van der Waals surface area contributed by atoms with Gasteiger partial charge >= 0.3 is 0 Å². The van der Waals surface area contributed by atoms with Gasteiger partial charge in [0.25, 0.3) is 0 Å². The van der Waals surface area contributed by atoms with Crippen molar-refractivity contribution in [2.24, 2.45) is 0 Å². The molecule has 0 amide bonds. The summed E-state index contributed by atoms with van der Waals surface area (Å²) in [5, 5.41) is 8.87. The molecule has 114 valence electrons. The maximum atomic E-state index is 8.87. The molecular weight excluding hydrogens is 266 g/mol. The zero-order chi connectivity index (χ0) is 15.1. The molecule has 1 saturated heterocycles. The van der Waals surface area contributed by atoms with Crippen molar-refractivity contribution < 1.29 is 14.6 Å². The Morgan fingerprint density at radius 1 is 1.29 bits per heavy atom. The zero-order valence-electron chi connectivity index (χ0n) is 12.8. The normalized spacial score (nSPS) is 16.3. The summed E-state index contributed by atoms with van der Waals surface area (Å²) < 4.78 is 10.7. The first-order chi connectivity index (χ1) is 10.3. The van der Waals surface area contributed by atoms with E-state index in [0.29, 0.717) is 6.10 Å². The number of hydrogen-bond donors (Lipinski definition) is 1. The number of nitrogens with zero attached hydrogens (tertiary/aromatic N) is 1. The lowest BCUT2D eigenvalue weighted by atomic mass is 10.0. The van der Waals surface area contributed by atoms with Gasteiger partial charge in [0.05, 0.1) is 13.2 Å². The molecule has 0 aromatic heterocycles. The zero-order valence-corrected chi connectivity index (χ0v) is 12.8. The van der Waals surface area contributed by atoms with Crippen molar-refractivity contribution in [2.75, 3.05) is 33.9 Å². The number of rotatable bonds is 4. The minimum atomic E-state index is -0.120. The van der Waals surface area contributed by atoms with Crippen LogP contribution in [0, 0.1) is 11.8 Å². The Morgan fingerprint density at radius 2 is 2.05 bits per heavy atom. The number of aliphatic hydroxyl groups excluding tert-OH is 1. The van der Waals surface area contributed by atoms with Crippen LogP contribution in [0.2, 0.25) is 0 Å². The average molecular weight is 289 g/mol. The predicted molar refractivity (Wildman–Crippen MR) is 82.3 cm³/mol. The van der Waals surface area contributed by atoms with Gasteiger partial charge in [0.2, 0.25) is 0 Å². The lowest BCUT2D eigenvalue weighted by Gasteiger charge is -2.31. The van der Waals surface area contributed by atoms with Crippen LogP contribution < -0.4 is 4.74 Å². The van der Waals surface area contributed by atoms with E-state index in [1.165, 1.54) is 0 Å². The Hall–Kier alpha value is -1.54. The minimum absolute atomic E-state index is 0.120. The first kappa shape index (κ1) is 15.8. The quantitative estimate of drug-likeness (QED) is 0.856. The van der Waals surface area contributed by atoms with Gasteiger partial charge in [0.1, 0.15) is 12.4 Å². The largest absolute Gasteiger partial charge is 0.497 e. The van der Waals surface area contributed by atoms with E-state index in [1.54, 1.807) is 14.2 Å². The smallest absolute Gasteiger partial charge is 0.119 e. The van der Waals surface area contributed by atoms with Gasteiger partial charge in [0.15, 0.2) is 0 Å². The van der Waals surface area contributed by atoms with E-state index in [9.17, 15) is 0 Å². The van der Waals surface area contributed by atoms with Gasteiger partial charge < -0.3 is 14.6 Å². The molecule has 4 nitrogen and oxygen atoms in total. The average Bonchev–Trinajstić information content (AvgIpc) is 2.54. The molecule has 0 saturated carbocycles. The fraction of sp³-hybridized carbons (Fsp3) is 0.529. The van der Waals surface area contributed by atoms with E-state index in [0.717, 1.165) is 49.4 Å². The van der Waals surface area contributed by atoms with Crippen molar-refractivity contribution in [3.8, 4) is 17.6 Å². The molecular formula is C17H23NO3. The third-order valence-corrected chi connectivity index (χ3v) is 3.88. The number of piperidine rings is 1. The molecule has 2 rings (SSSR count). The number of hydrogen-bond acceptors (Lipinski definition) is 4. The van der Waals surface area contributed by atoms with Crippen molar-refractivity contribution >= 4 is 0 Å². The highest BCUT2D eigenvalue weighted by Gasteiger charge is 2.19. The fourth-order valence-electron chi connectivity index (χ4n) is 2.63. The maximum absolute atomic E-state index is 8.87. The Labute approximate surface area is 126 Å². The molecule has 1 aromatic rings. The van der Waals surface area contributed by atoms with Gasteiger partial charge in [-0.25, -0.2) is 0 Å². The molecule has 0 aliphatic carbocycles. The van der Waals surface area contributed by atoms with E-state index in [1.807, 2.05) is 18.2 Å². The number of benzene rings is 1. The summed E-state index contributed by atoms with van der Waals surface area (Å²) in [6.07, 6.45) is 2.52. The van der Waals surface area contributed by atoms with Gasteiger partial charge in [-0.05, 0) is 36.6 Å². The topological polar surface area (TPSA) is 41.9 Å². The first-order valence-electron chi connectivity index (χ1n) is 7.28. The lowest BCUT2D eigenvalue weighted by molar-refractivity contribution is 0.0388. The summed E-state index contributed by atoms with van der Waals surface area (Å²) >= 11 is 0. The maximum Gasteiger partial charge on any atom is 0.119 e. The Bertz CT molecular complexity index is 511. The molecule has 0 atom stereocenters. The highest BCUT2D eigenvalue weighted by Crippen LogP contribution is 2.21. The Morgan fingerprint density at radius 3 is 2.67 bits per heavy atom. The van der Waals surface area contributed by atoms with Crippen LogP contribution in [0.3, 0.4) is 0 Å². The van der Waals surface area contributed by atoms with Crippen LogP contribution in [0.5, 0.6) is 5.75 Å². The van der Waals surface area contributed by atoms with Gasteiger partial charge in [-0.3, -0.25) is 4.90 Å². The van der Waals surface area contributed by atoms with Crippen LogP contribution in [0.4, 0.5) is 0 Å². The second kappa shape index (κ2) is 8.04. The molecule has 21 heavy (non-hydrogen) atoms. The third-order valence-electron chi connectivity index (χ3n) is 3.88. The fourth-order valence-corrected chi connectivity index (χ4v) is 2.63. The van der Waals surface area contributed by atoms with Crippen LogP contribution in [-0.2, 0) is 11.3 Å². The van der Waals surface area contributed by atoms with Crippen molar-refractivity contribution in [3.63, 3.8) is 0 Å². The lowest BCUT2D eigenvalue weighted by Crippen LogP contribution is -2.36. The third kappa shape index (κ3) is 4.47. The molecule has 1 N–H and O–H groups in total. The number of aliphatic hydroxyl groups is 1. The first-order valence-corrected chi connectivity index (χ1v) is 7.28. The van der Waals surface area contributed by atoms with E-state index >= 15 is 0 Å². The molecule has 1 heterocycles. The molecule has 0 unspecified atom stereocenters. The molecule has 0 spiro atoms. The monoisotopic (exact) mass is 289 g/mol. The number of methoxy groups -OCH3 is 2. The summed E-state index contributed by atoms with van der Waals surface area (Å²) in [5.74, 6) is 6.58. The summed E-state index contributed by atoms with van der Waals surface area (Å²) in [5.41, 5.74) is 2.10. The van der Waals surface area contributed by atoms with E-state index in [-0.39, 0.29) is 6.61 Å². The standard InChI is InChI=1S/C17H23NO3/c1-20-16-7-9-18(10-8-16)13-15-12-17(21-2)6-5-14(15)4-3-11-19/h5-6,12,16,19H,7-11,13H2,1-2H3. The molecule has 1 aliphatic rings. The number of ether oxygens (including phenoxy) is 2. The van der Waals surface area contributed by atoms with Gasteiger partial charge in [-0.2, -0.15) is 0 Å². The van der Waals surface area contributed by atoms with Crippen molar-refractivity contribution in [3.05, 3.63) is 29.3 Å². The van der Waals surface area contributed by atoms with E-state index in [2.05, 4.69) is 16.7 Å². The van der Waals surface area contributed by atoms with Gasteiger partial charge in [0, 0.05) is 32.3 Å². The van der Waals surface area contributed by atoms with Crippen molar-refractivity contribution in [2.45, 2.75) is 25.5 Å². The van der Waals surface area contributed by atoms with Crippen LogP contribution in [0.1, 0.15) is 24.0 Å². The molecule has 0 bridgehead atoms. The van der Waals surface area contributed by atoms with Crippen LogP contribution in [-0.4, -0.2) is 50.0 Å². The summed E-state index contributed by atoms with van der Waals surface area (Å²) in [7, 11) is 3.45. The number of likely N-dealkylation sites (tertiary alicyclic amines) is 1. The second-order valence-corrected chi connectivity index (χ2v) is 5.19. The molecule has 1 fully saturated rings. The van der Waals surface area contributed by atoms with Crippen LogP contribution in [0.15, 0.2) is 18.2 Å². The summed E-state index contributed by atoms with van der Waals surface area (Å²) in [6, 6.07) is 5.89. The molecule has 1 aliphatic heterocycles. The van der Waals surface area contributed by atoms with Gasteiger partial charge in [-0.15, -0.1) is 0 Å². The second-order valence-electron chi connectivity index (χ2n) is 5.19. The molecule has 1 aromatic carbocycles. The van der Waals surface area contributed by atoms with Crippen LogP contribution in [0.25, 0.3) is 0 Å². The minimum Gasteiger partial charge on any atom is -0.497 e.